The Kier molecular flexibility index (Phi) is 24.7. The first-order valence-corrected chi connectivity index (χ1v) is 46.8. The van der Waals surface area contributed by atoms with Crippen LogP contribution in [0.5, 0.6) is 0 Å². The van der Waals surface area contributed by atoms with E-state index >= 15 is 0 Å². The summed E-state index contributed by atoms with van der Waals surface area (Å²) >= 11 is 0. The van der Waals surface area contributed by atoms with Gasteiger partial charge in [-0.25, -0.2) is 27.4 Å². The topological polar surface area (TPSA) is 36.2 Å². The number of nitrogens with zero attached hydrogens (tertiary/aromatic N) is 7. The van der Waals surface area contributed by atoms with Crippen molar-refractivity contribution in [2.24, 2.45) is 54.1 Å². The Bertz CT molecular complexity index is 8080. The second-order valence-electron chi connectivity index (χ2n) is 38.3. The summed E-state index contributed by atoms with van der Waals surface area (Å²) in [5.41, 5.74) is 35.8. The lowest BCUT2D eigenvalue weighted by Gasteiger charge is -2.12. The van der Waals surface area contributed by atoms with Gasteiger partial charge in [0.2, 0.25) is 28.5 Å². The maximum atomic E-state index is 8.42. The van der Waals surface area contributed by atoms with Crippen molar-refractivity contribution in [3.63, 3.8) is 0 Å². The van der Waals surface area contributed by atoms with E-state index in [9.17, 15) is 0 Å². The average molecular weight is 1790 g/mol. The van der Waals surface area contributed by atoms with Crippen molar-refractivity contribution in [1.82, 2.24) is 4.98 Å². The lowest BCUT2D eigenvalue weighted by molar-refractivity contribution is -0.662. The summed E-state index contributed by atoms with van der Waals surface area (Å²) in [6.07, 6.45) is 11.8. The number of aryl methyl sites for hydroxylation is 18. The largest absolute Gasteiger partial charge is 0.287 e. The SMILES string of the molecule is Cc1cc(C)c(C)c(-c2c3ccc(CC(C)C)cc3cc[n+]2C)c1.Cc1cc(C)c(C)c(-c2c3ccccc3cc[n+]2C)c1.Cc1cc(C)c(C)c(-c2c3ccccc3nc[n+]2C)c1.[2H]C([2H])([2H])c1cc(C)cc(-c2c3ccc(C([2H])(C)C([2H])([2H])[2H])cc3cc[n+]2C)c1C.[2H]C([2H])([2H])c1cc(C)cc(-c2c3ccc(C([2H])(C)C)cc3cc[n+]2C)c1C.[2H]C([2H])([2H])c1cc(C)cc(-c2c3ccc(C([2H])([2H])C(C)C)cc3cc[n+]2C)c1C. The van der Waals surface area contributed by atoms with Crippen LogP contribution in [-0.2, 0) is 55.1 Å². The molecular weight excluding hydrogens is 1620 g/mol. The molecule has 0 aliphatic carbocycles. The van der Waals surface area contributed by atoms with Crippen LogP contribution in [0.4, 0.5) is 0 Å². The number of hydrogen-bond donors (Lipinski definition) is 0. The molecule has 0 spiro atoms. The second-order valence-corrected chi connectivity index (χ2v) is 38.3. The molecule has 6 aromatic heterocycles. The molecule has 0 saturated carbocycles. The standard InChI is InChI=1S/2C23H28N.2C22H26N.C19H20N.C18H19N2/c2*1-15(2)11-19-7-8-21-20(14-19)9-10-24(6)23(21)22-13-16(3)12-17(4)18(22)5;2*1-14(2)18-7-8-20-19(13-18)9-10-23(6)22(20)21-12-15(3)11-16(4)17(21)5;1-13-11-14(2)15(3)18(12-13)19-17-8-6-5-7-16(17)9-10-20(19)4;1-12-9-13(2)14(3)16(10-12)18-15-7-5-6-8-17(15)19-11-20(18)4/h2*7-10,12-15H,11H2,1-6H3;2*7-14H,1-6H3;5-12H,1-4H3;5-11H,1-4H3/q6*+1/i4D3,11D2;;1D3,4D3,14D;4D3,14D;;. The number of aromatic nitrogens is 7. The number of para-hydroxylation sites is 1. The fourth-order valence-electron chi connectivity index (χ4n) is 18.8. The minimum absolute atomic E-state index is 0.139. The van der Waals surface area contributed by atoms with Crippen molar-refractivity contribution >= 4 is 64.8 Å². The summed E-state index contributed by atoms with van der Waals surface area (Å²) in [4.78, 5) is 4.50. The van der Waals surface area contributed by atoms with Crippen LogP contribution >= 0.6 is 0 Å². The molecule has 18 rings (SSSR count). The minimum atomic E-state index is -2.45. The van der Waals surface area contributed by atoms with Gasteiger partial charge in [0.1, 0.15) is 40.9 Å². The first-order valence-electron chi connectivity index (χ1n) is 54.8. The Hall–Kier alpha value is -13.0. The van der Waals surface area contributed by atoms with Gasteiger partial charge >= 0.3 is 0 Å². The van der Waals surface area contributed by atoms with Gasteiger partial charge in [0.05, 0.1) is 67.2 Å². The van der Waals surface area contributed by atoms with Crippen molar-refractivity contribution in [2.45, 2.75) is 204 Å². The van der Waals surface area contributed by atoms with E-state index < -0.39 is 45.6 Å². The van der Waals surface area contributed by atoms with Crippen molar-refractivity contribution in [3.8, 4) is 67.5 Å². The van der Waals surface area contributed by atoms with Crippen LogP contribution in [0.25, 0.3) is 132 Å². The predicted molar refractivity (Wildman–Crippen MR) is 572 cm³/mol. The number of benzene rings is 12. The fourth-order valence-corrected chi connectivity index (χ4v) is 18.8. The van der Waals surface area contributed by atoms with Gasteiger partial charge in [-0.1, -0.05) is 204 Å². The van der Waals surface area contributed by atoms with Crippen LogP contribution < -0.4 is 27.4 Å². The molecule has 6 heterocycles. The zero-order valence-electron chi connectivity index (χ0n) is 100. The summed E-state index contributed by atoms with van der Waals surface area (Å²) in [5.74, 6) is -1.85. The number of rotatable bonds is 12. The first-order chi connectivity index (χ1) is 69.9. The van der Waals surface area contributed by atoms with Crippen molar-refractivity contribution < 1.29 is 49.3 Å². The molecule has 0 fully saturated rings. The summed E-state index contributed by atoms with van der Waals surface area (Å²) in [6.45, 7) is 35.5. The maximum absolute atomic E-state index is 8.42. The molecule has 0 aliphatic rings. The predicted octanol–water partition coefficient (Wildman–Crippen LogP) is 29.6. The van der Waals surface area contributed by atoms with E-state index in [-0.39, 0.29) is 5.92 Å². The Morgan fingerprint density at radius 2 is 0.567 bits per heavy atom. The highest BCUT2D eigenvalue weighted by Gasteiger charge is 2.27. The Morgan fingerprint density at radius 1 is 0.276 bits per heavy atom. The molecule has 7 nitrogen and oxygen atoms in total. The van der Waals surface area contributed by atoms with E-state index in [1.807, 2.05) is 202 Å². The van der Waals surface area contributed by atoms with Gasteiger partial charge in [-0.2, -0.15) is 0 Å². The quantitative estimate of drug-likeness (QED) is 0.112. The highest BCUT2D eigenvalue weighted by atomic mass is 15.0. The normalized spacial score (nSPS) is 14.1. The fraction of sp³-hybridized carbons (Fsp3) is 0.299. The summed E-state index contributed by atoms with van der Waals surface area (Å²) in [6, 6.07) is 76.2. The van der Waals surface area contributed by atoms with Gasteiger partial charge in [0, 0.05) is 57.8 Å². The average Bonchev–Trinajstić information content (AvgIpc) is 0.750. The zero-order chi connectivity index (χ0) is 110. The van der Waals surface area contributed by atoms with Gasteiger partial charge in [-0.05, 0) is 361 Å². The molecule has 0 N–H and O–H groups in total. The van der Waals surface area contributed by atoms with Crippen LogP contribution in [0.1, 0.15) is 211 Å². The highest BCUT2D eigenvalue weighted by Crippen LogP contribution is 2.39. The van der Waals surface area contributed by atoms with Crippen LogP contribution in [-0.4, -0.2) is 4.98 Å². The van der Waals surface area contributed by atoms with E-state index in [0.717, 1.165) is 111 Å². The zero-order valence-corrected chi connectivity index (χ0v) is 84.3. The molecule has 18 aromatic rings. The molecule has 0 amide bonds. The molecule has 0 saturated heterocycles. The van der Waals surface area contributed by atoms with Crippen LogP contribution in [0.2, 0.25) is 0 Å². The van der Waals surface area contributed by atoms with Crippen molar-refractivity contribution in [1.29, 1.82) is 0 Å². The Balaban J connectivity index is 0.000000151. The van der Waals surface area contributed by atoms with Gasteiger partial charge in [0.15, 0.2) is 36.5 Å². The second kappa shape index (κ2) is 42.1. The van der Waals surface area contributed by atoms with E-state index in [1.54, 1.807) is 30.3 Å². The third-order valence-electron chi connectivity index (χ3n) is 26.3. The third kappa shape index (κ3) is 21.9. The van der Waals surface area contributed by atoms with Gasteiger partial charge in [-0.3, -0.25) is 0 Å². The Labute approximate surface area is 824 Å². The molecule has 12 aromatic carbocycles. The smallest absolute Gasteiger partial charge is 0.232 e. The minimum Gasteiger partial charge on any atom is -0.232 e. The lowest BCUT2D eigenvalue weighted by Crippen LogP contribution is -2.31. The lowest BCUT2D eigenvalue weighted by atomic mass is 9.93. The van der Waals surface area contributed by atoms with Gasteiger partial charge in [-0.15, -0.1) is 0 Å². The van der Waals surface area contributed by atoms with Crippen LogP contribution in [0.3, 0.4) is 0 Å². The maximum Gasteiger partial charge on any atom is 0.287 e. The molecule has 134 heavy (non-hydrogen) atoms. The Morgan fingerprint density at radius 3 is 0.918 bits per heavy atom. The number of pyridine rings is 5. The van der Waals surface area contributed by atoms with Crippen LogP contribution in [0, 0.1) is 136 Å². The van der Waals surface area contributed by atoms with Gasteiger partial charge in [0.25, 0.3) is 6.33 Å². The molecule has 1 unspecified atom stereocenters. The molecular formula is C127H147N7+6. The third-order valence-corrected chi connectivity index (χ3v) is 26.3. The molecule has 684 valence electrons. The van der Waals surface area contributed by atoms with E-state index in [1.165, 1.54) is 123 Å². The van der Waals surface area contributed by atoms with Crippen molar-refractivity contribution in [2.75, 3.05) is 0 Å². The number of fused-ring (bicyclic) bond motifs is 6. The van der Waals surface area contributed by atoms with E-state index in [4.69, 9.17) is 21.9 Å². The monoisotopic (exact) mass is 1790 g/mol. The van der Waals surface area contributed by atoms with E-state index in [0.29, 0.717) is 39.3 Å². The molecule has 0 bridgehead atoms. The summed E-state index contributed by atoms with van der Waals surface area (Å²) in [7, 11) is 12.2. The molecule has 7 heteroatoms. The number of hydrogen-bond acceptors (Lipinski definition) is 1. The van der Waals surface area contributed by atoms with E-state index in [2.05, 4.69) is 250 Å². The van der Waals surface area contributed by atoms with Crippen molar-refractivity contribution in [3.05, 3.63) is 384 Å². The summed E-state index contributed by atoms with van der Waals surface area (Å²) < 4.78 is 140. The molecule has 1 atom stereocenters. The first kappa shape index (κ1) is 78.5. The van der Waals surface area contributed by atoms with Crippen LogP contribution in [0.15, 0.2) is 262 Å². The molecule has 0 aliphatic heterocycles. The molecule has 0 radical (unpaired) electrons. The van der Waals surface area contributed by atoms with Gasteiger partial charge < -0.3 is 0 Å². The summed E-state index contributed by atoms with van der Waals surface area (Å²) in [5, 5.41) is 12.2. The highest BCUT2D eigenvalue weighted by molar-refractivity contribution is 5.99.